The monoisotopic (exact) mass is 475 g/mol. The third-order valence-electron chi connectivity index (χ3n) is 6.68. The van der Waals surface area contributed by atoms with Crippen LogP contribution in [0.1, 0.15) is 31.2 Å². The number of hydrogen-bond acceptors (Lipinski definition) is 7. The van der Waals surface area contributed by atoms with Gasteiger partial charge in [0.05, 0.1) is 6.54 Å². The molecule has 4 heterocycles. The van der Waals surface area contributed by atoms with Crippen LogP contribution >= 0.6 is 0 Å². The predicted octanol–water partition coefficient (Wildman–Crippen LogP) is 3.83. The smallest absolute Gasteiger partial charge is 0.338 e. The summed E-state index contributed by atoms with van der Waals surface area (Å²) < 4.78 is 42.3. The maximum atomic E-state index is 15.2. The van der Waals surface area contributed by atoms with Crippen molar-refractivity contribution in [3.05, 3.63) is 42.2 Å². The van der Waals surface area contributed by atoms with Gasteiger partial charge in [0.2, 0.25) is 11.8 Å². The maximum Gasteiger partial charge on any atom is 0.338 e. The molecule has 9 heteroatoms. The van der Waals surface area contributed by atoms with Gasteiger partial charge >= 0.3 is 6.05 Å². The Morgan fingerprint density at radius 2 is 1.50 bits per heavy atom. The van der Waals surface area contributed by atoms with Crippen molar-refractivity contribution in [3.8, 4) is 11.8 Å². The van der Waals surface area contributed by atoms with E-state index in [1.807, 2.05) is 19.1 Å². The number of likely N-dealkylation sites (tertiary alicyclic amines) is 2. The van der Waals surface area contributed by atoms with Crippen LogP contribution in [-0.2, 0) is 0 Å². The number of rotatable bonds is 8. The largest absolute Gasteiger partial charge is 0.474 e. The minimum absolute atomic E-state index is 0.00335. The van der Waals surface area contributed by atoms with E-state index < -0.39 is 6.05 Å². The molecule has 2 fully saturated rings. The Kier molecular flexibility index (Phi) is 7.83. The van der Waals surface area contributed by atoms with E-state index >= 15 is 8.78 Å². The fraction of sp³-hybridized carbons (Fsp3) is 0.600. The molecule has 0 atom stereocenters. The van der Waals surface area contributed by atoms with Crippen LogP contribution in [0.3, 0.4) is 0 Å². The molecule has 186 valence electrons. The number of aryl methyl sites for hydroxylation is 1. The second kappa shape index (κ2) is 10.8. The van der Waals surface area contributed by atoms with Gasteiger partial charge in [-0.05, 0) is 57.4 Å². The molecule has 0 N–H and O–H groups in total. The van der Waals surface area contributed by atoms with Crippen molar-refractivity contribution >= 4 is 5.69 Å². The number of alkyl halides is 2. The van der Waals surface area contributed by atoms with Crippen LogP contribution in [0.4, 0.5) is 14.5 Å². The van der Waals surface area contributed by atoms with E-state index in [9.17, 15) is 0 Å². The Bertz CT molecular complexity index is 931. The summed E-state index contributed by atoms with van der Waals surface area (Å²) in [6, 6.07) is 4.00. The van der Waals surface area contributed by atoms with E-state index in [-0.39, 0.29) is 18.8 Å². The maximum absolute atomic E-state index is 15.2. The van der Waals surface area contributed by atoms with Crippen LogP contribution in [0.25, 0.3) is 0 Å². The summed E-state index contributed by atoms with van der Waals surface area (Å²) in [6.07, 6.45) is 6.54. The molecule has 0 bridgehead atoms. The van der Waals surface area contributed by atoms with Gasteiger partial charge in [0.1, 0.15) is 12.2 Å². The molecule has 0 aliphatic carbocycles. The highest BCUT2D eigenvalue weighted by molar-refractivity contribution is 5.48. The molecule has 0 saturated carbocycles. The van der Waals surface area contributed by atoms with Crippen molar-refractivity contribution in [2.75, 3.05) is 51.7 Å². The molecule has 4 rings (SSSR count). The third kappa shape index (κ3) is 6.54. The van der Waals surface area contributed by atoms with Gasteiger partial charge in [-0.1, -0.05) is 0 Å². The SMILES string of the molecule is Cc1ccnc(OC2CCN(CC(F)(F)N(C)c3ccnc(OC4CCN(C)CC4)c3)CC2)c1. The topological polar surface area (TPSA) is 54.0 Å². The number of halogens is 2. The van der Waals surface area contributed by atoms with E-state index in [1.54, 1.807) is 23.2 Å². The zero-order valence-corrected chi connectivity index (χ0v) is 20.3. The van der Waals surface area contributed by atoms with Gasteiger partial charge < -0.3 is 19.3 Å². The number of anilines is 1. The lowest BCUT2D eigenvalue weighted by atomic mass is 10.1. The van der Waals surface area contributed by atoms with Crippen molar-refractivity contribution < 1.29 is 18.3 Å². The number of ether oxygens (including phenoxy) is 2. The van der Waals surface area contributed by atoms with Crippen LogP contribution < -0.4 is 14.4 Å². The molecule has 2 saturated heterocycles. The number of aromatic nitrogens is 2. The minimum atomic E-state index is -3.03. The second-order valence-electron chi connectivity index (χ2n) is 9.46. The van der Waals surface area contributed by atoms with Gasteiger partial charge in [-0.3, -0.25) is 4.90 Å². The summed E-state index contributed by atoms with van der Waals surface area (Å²) in [5, 5.41) is 0. The van der Waals surface area contributed by atoms with Crippen molar-refractivity contribution in [2.24, 2.45) is 0 Å². The molecule has 0 unspecified atom stereocenters. The average molecular weight is 476 g/mol. The Morgan fingerprint density at radius 1 is 0.941 bits per heavy atom. The molecule has 2 aromatic rings. The van der Waals surface area contributed by atoms with Gasteiger partial charge in [-0.25, -0.2) is 9.97 Å². The predicted molar refractivity (Wildman–Crippen MR) is 128 cm³/mol. The molecule has 0 aromatic carbocycles. The lowest BCUT2D eigenvalue weighted by molar-refractivity contribution is -0.0415. The Morgan fingerprint density at radius 3 is 2.12 bits per heavy atom. The van der Waals surface area contributed by atoms with E-state index in [4.69, 9.17) is 9.47 Å². The highest BCUT2D eigenvalue weighted by Gasteiger charge is 2.38. The van der Waals surface area contributed by atoms with E-state index in [0.717, 1.165) is 36.4 Å². The molecular formula is C25H35F2N5O2. The average Bonchev–Trinajstić information content (AvgIpc) is 2.81. The summed E-state index contributed by atoms with van der Waals surface area (Å²) in [7, 11) is 3.51. The quantitative estimate of drug-likeness (QED) is 0.538. The first-order valence-electron chi connectivity index (χ1n) is 12.0. The fourth-order valence-electron chi connectivity index (χ4n) is 4.44. The van der Waals surface area contributed by atoms with Crippen LogP contribution in [0.2, 0.25) is 0 Å². The van der Waals surface area contributed by atoms with Crippen molar-refractivity contribution in [3.63, 3.8) is 0 Å². The summed E-state index contributed by atoms with van der Waals surface area (Å²) in [5.41, 5.74) is 1.48. The van der Waals surface area contributed by atoms with Crippen LogP contribution in [0.5, 0.6) is 11.8 Å². The molecule has 7 nitrogen and oxygen atoms in total. The zero-order chi connectivity index (χ0) is 24.1. The first-order chi connectivity index (χ1) is 16.3. The molecule has 0 radical (unpaired) electrons. The number of hydrogen-bond donors (Lipinski definition) is 0. The zero-order valence-electron chi connectivity index (χ0n) is 20.3. The van der Waals surface area contributed by atoms with Gasteiger partial charge in [-0.15, -0.1) is 0 Å². The van der Waals surface area contributed by atoms with Crippen LogP contribution in [-0.4, -0.2) is 84.8 Å². The lowest BCUT2D eigenvalue weighted by Crippen LogP contribution is -2.51. The first kappa shape index (κ1) is 24.6. The molecule has 2 aromatic heterocycles. The minimum Gasteiger partial charge on any atom is -0.474 e. The summed E-state index contributed by atoms with van der Waals surface area (Å²) >= 11 is 0. The number of piperidine rings is 2. The summed E-state index contributed by atoms with van der Waals surface area (Å²) in [6.45, 7) is 4.69. The molecule has 2 aliphatic rings. The van der Waals surface area contributed by atoms with Gasteiger partial charge in [0.15, 0.2) is 0 Å². The van der Waals surface area contributed by atoms with Gasteiger partial charge in [0.25, 0.3) is 0 Å². The van der Waals surface area contributed by atoms with E-state index in [0.29, 0.717) is 43.4 Å². The van der Waals surface area contributed by atoms with Crippen LogP contribution in [0.15, 0.2) is 36.7 Å². The van der Waals surface area contributed by atoms with Crippen LogP contribution in [0, 0.1) is 6.92 Å². The highest BCUT2D eigenvalue weighted by Crippen LogP contribution is 2.30. The van der Waals surface area contributed by atoms with Gasteiger partial charge in [0, 0.05) is 63.4 Å². The van der Waals surface area contributed by atoms with Gasteiger partial charge in [-0.2, -0.15) is 8.78 Å². The Labute approximate surface area is 200 Å². The highest BCUT2D eigenvalue weighted by atomic mass is 19.3. The van der Waals surface area contributed by atoms with Crippen molar-refractivity contribution in [2.45, 2.75) is 50.9 Å². The molecule has 0 spiro atoms. The van der Waals surface area contributed by atoms with E-state index in [2.05, 4.69) is 21.9 Å². The third-order valence-corrected chi connectivity index (χ3v) is 6.68. The molecule has 2 aliphatic heterocycles. The Balaban J connectivity index is 1.29. The van der Waals surface area contributed by atoms with E-state index in [1.165, 1.54) is 13.2 Å². The standard InChI is InChI=1S/C25H35F2N5O2/c1-19-4-10-28-23(16-19)33-22-8-14-32(15-9-22)18-25(26,27)31(3)20-5-11-29-24(17-20)34-21-6-12-30(2)13-7-21/h4-5,10-11,16-17,21-22H,6-9,12-15,18H2,1-3H3. The molecular weight excluding hydrogens is 440 g/mol. The normalized spacial score (nSPS) is 19.2. The fourth-order valence-corrected chi connectivity index (χ4v) is 4.44. The van der Waals surface area contributed by atoms with Crippen molar-refractivity contribution in [1.29, 1.82) is 0 Å². The molecule has 34 heavy (non-hydrogen) atoms. The summed E-state index contributed by atoms with van der Waals surface area (Å²) in [5.74, 6) is 0.997. The number of pyridine rings is 2. The second-order valence-corrected chi connectivity index (χ2v) is 9.46. The number of nitrogens with zero attached hydrogens (tertiary/aromatic N) is 5. The van der Waals surface area contributed by atoms with Crippen molar-refractivity contribution in [1.82, 2.24) is 19.8 Å². The number of likely N-dealkylation sites (N-methyl/N-ethyl adjacent to an activating group) is 1. The Hall–Kier alpha value is -2.52. The lowest BCUT2D eigenvalue weighted by Gasteiger charge is -2.37. The molecule has 0 amide bonds. The summed E-state index contributed by atoms with van der Waals surface area (Å²) in [4.78, 5) is 13.6. The first-order valence-corrected chi connectivity index (χ1v) is 12.0.